The minimum atomic E-state index is -0.619. The highest BCUT2D eigenvalue weighted by atomic mass is 35.5. The molecule has 4 rings (SSSR count). The summed E-state index contributed by atoms with van der Waals surface area (Å²) < 4.78 is 1.80. The van der Waals surface area contributed by atoms with Crippen LogP contribution in [0.25, 0.3) is 0 Å². The first kappa shape index (κ1) is 19.9. The number of halogens is 1. The molecule has 7 nitrogen and oxygen atoms in total. The zero-order valence-electron chi connectivity index (χ0n) is 16.4. The van der Waals surface area contributed by atoms with Gasteiger partial charge in [-0.1, -0.05) is 11.6 Å². The van der Waals surface area contributed by atoms with Crippen molar-refractivity contribution < 1.29 is 9.90 Å². The SMILES string of the molecule is CN=CC1CC(O)(C2CC2)CCC1n1cc(C(N)=O)c(Nc2ccc(Cl)cc2)n1. The molecule has 1 amide bonds. The second-order valence-corrected chi connectivity index (χ2v) is 8.56. The first-order valence-electron chi connectivity index (χ1n) is 9.96. The molecular weight excluding hydrogens is 390 g/mol. The van der Waals surface area contributed by atoms with Crippen molar-refractivity contribution in [2.45, 2.75) is 43.7 Å². The quantitative estimate of drug-likeness (QED) is 0.627. The Hall–Kier alpha value is -2.38. The highest BCUT2D eigenvalue weighted by molar-refractivity contribution is 6.30. The van der Waals surface area contributed by atoms with E-state index in [1.54, 1.807) is 30.1 Å². The van der Waals surface area contributed by atoms with E-state index in [0.29, 0.717) is 28.7 Å². The summed E-state index contributed by atoms with van der Waals surface area (Å²) in [6, 6.07) is 7.16. The van der Waals surface area contributed by atoms with Gasteiger partial charge in [0.1, 0.15) is 5.56 Å². The lowest BCUT2D eigenvalue weighted by Gasteiger charge is -2.40. The van der Waals surface area contributed by atoms with Crippen LogP contribution in [0, 0.1) is 11.8 Å². The van der Waals surface area contributed by atoms with Gasteiger partial charge in [-0.2, -0.15) is 5.10 Å². The number of primary amides is 1. The summed E-state index contributed by atoms with van der Waals surface area (Å²) >= 11 is 5.94. The van der Waals surface area contributed by atoms with Crippen molar-refractivity contribution >= 4 is 35.2 Å². The number of carbonyl (C=O) groups excluding carboxylic acids is 1. The summed E-state index contributed by atoms with van der Waals surface area (Å²) in [4.78, 5) is 16.2. The van der Waals surface area contributed by atoms with Crippen molar-refractivity contribution in [1.82, 2.24) is 9.78 Å². The Bertz CT molecular complexity index is 922. The summed E-state index contributed by atoms with van der Waals surface area (Å²) in [5.74, 6) is 0.314. The van der Waals surface area contributed by atoms with Crippen LogP contribution in [0.4, 0.5) is 11.5 Å². The monoisotopic (exact) mass is 415 g/mol. The third-order valence-corrected chi connectivity index (χ3v) is 6.33. The van der Waals surface area contributed by atoms with Crippen molar-refractivity contribution in [1.29, 1.82) is 0 Å². The maximum absolute atomic E-state index is 12.0. The van der Waals surface area contributed by atoms with Crippen LogP contribution in [0.1, 0.15) is 48.5 Å². The van der Waals surface area contributed by atoms with Crippen LogP contribution in [0.3, 0.4) is 0 Å². The highest BCUT2D eigenvalue weighted by Crippen LogP contribution is 2.50. The number of nitrogens with one attached hydrogen (secondary N) is 1. The molecule has 0 bridgehead atoms. The third-order valence-electron chi connectivity index (χ3n) is 6.08. The molecule has 1 aromatic carbocycles. The average Bonchev–Trinajstić information content (AvgIpc) is 3.46. The molecule has 3 atom stereocenters. The zero-order chi connectivity index (χ0) is 20.6. The Kier molecular flexibility index (Phi) is 5.36. The molecule has 2 aliphatic carbocycles. The second kappa shape index (κ2) is 7.80. The van der Waals surface area contributed by atoms with E-state index in [0.717, 1.165) is 31.4 Å². The van der Waals surface area contributed by atoms with E-state index >= 15 is 0 Å². The molecule has 1 aromatic heterocycles. The number of hydrogen-bond acceptors (Lipinski definition) is 5. The Balaban J connectivity index is 1.61. The van der Waals surface area contributed by atoms with Gasteiger partial charge in [0.2, 0.25) is 0 Å². The fourth-order valence-corrected chi connectivity index (χ4v) is 4.55. The zero-order valence-corrected chi connectivity index (χ0v) is 17.1. The number of amides is 1. The lowest BCUT2D eigenvalue weighted by atomic mass is 9.73. The fourth-order valence-electron chi connectivity index (χ4n) is 4.43. The number of benzene rings is 1. The number of nitrogens with two attached hydrogens (primary N) is 1. The minimum Gasteiger partial charge on any atom is -0.390 e. The van der Waals surface area contributed by atoms with Crippen LogP contribution in [0.15, 0.2) is 35.5 Å². The number of aromatic nitrogens is 2. The van der Waals surface area contributed by atoms with E-state index in [1.165, 1.54) is 0 Å². The molecule has 0 spiro atoms. The molecule has 2 aliphatic rings. The second-order valence-electron chi connectivity index (χ2n) is 8.13. The predicted octanol–water partition coefficient (Wildman–Crippen LogP) is 3.56. The highest BCUT2D eigenvalue weighted by Gasteiger charge is 2.49. The van der Waals surface area contributed by atoms with Gasteiger partial charge < -0.3 is 21.1 Å². The predicted molar refractivity (Wildman–Crippen MR) is 114 cm³/mol. The smallest absolute Gasteiger partial charge is 0.254 e. The van der Waals surface area contributed by atoms with Gasteiger partial charge in [0.25, 0.3) is 5.91 Å². The van der Waals surface area contributed by atoms with Crippen LogP contribution in [0.2, 0.25) is 5.02 Å². The summed E-state index contributed by atoms with van der Waals surface area (Å²) in [6.07, 6.45) is 7.94. The van der Waals surface area contributed by atoms with Crippen LogP contribution in [0.5, 0.6) is 0 Å². The van der Waals surface area contributed by atoms with Crippen molar-refractivity contribution in [3.05, 3.63) is 41.0 Å². The summed E-state index contributed by atoms with van der Waals surface area (Å²) in [5.41, 5.74) is 6.07. The van der Waals surface area contributed by atoms with E-state index < -0.39 is 11.5 Å². The van der Waals surface area contributed by atoms with Gasteiger partial charge in [-0.05, 0) is 62.3 Å². The first-order valence-corrected chi connectivity index (χ1v) is 10.3. The number of rotatable bonds is 6. The van der Waals surface area contributed by atoms with E-state index in [-0.39, 0.29) is 12.0 Å². The topological polar surface area (TPSA) is 106 Å². The molecule has 29 heavy (non-hydrogen) atoms. The maximum atomic E-state index is 12.0. The Labute approximate surface area is 175 Å². The Morgan fingerprint density at radius 3 is 2.72 bits per heavy atom. The van der Waals surface area contributed by atoms with Crippen molar-refractivity contribution in [2.75, 3.05) is 12.4 Å². The molecule has 4 N–H and O–H groups in total. The van der Waals surface area contributed by atoms with Crippen LogP contribution in [-0.2, 0) is 0 Å². The molecule has 1 heterocycles. The van der Waals surface area contributed by atoms with Gasteiger partial charge in [0.15, 0.2) is 5.82 Å². The maximum Gasteiger partial charge on any atom is 0.254 e. The van der Waals surface area contributed by atoms with Crippen LogP contribution < -0.4 is 11.1 Å². The number of anilines is 2. The lowest BCUT2D eigenvalue weighted by molar-refractivity contribution is -0.0388. The van der Waals surface area contributed by atoms with Crippen LogP contribution >= 0.6 is 11.6 Å². The van der Waals surface area contributed by atoms with Gasteiger partial charge in [0.05, 0.1) is 11.6 Å². The van der Waals surface area contributed by atoms with E-state index in [9.17, 15) is 9.90 Å². The number of carbonyl (C=O) groups is 1. The van der Waals surface area contributed by atoms with Crippen molar-refractivity contribution in [3.8, 4) is 0 Å². The molecular formula is C21H26ClN5O2. The van der Waals surface area contributed by atoms with E-state index in [2.05, 4.69) is 15.4 Å². The molecule has 2 saturated carbocycles. The van der Waals surface area contributed by atoms with Gasteiger partial charge in [-0.25, -0.2) is 0 Å². The fraction of sp³-hybridized carbons (Fsp3) is 0.476. The van der Waals surface area contributed by atoms with E-state index in [1.807, 2.05) is 18.3 Å². The lowest BCUT2D eigenvalue weighted by Crippen LogP contribution is -2.42. The van der Waals surface area contributed by atoms with Crippen molar-refractivity contribution in [3.63, 3.8) is 0 Å². The number of hydrogen-bond donors (Lipinski definition) is 3. The first-order chi connectivity index (χ1) is 13.9. The molecule has 0 aliphatic heterocycles. The molecule has 2 aromatic rings. The summed E-state index contributed by atoms with van der Waals surface area (Å²) in [7, 11) is 1.74. The number of aliphatic hydroxyl groups is 1. The largest absolute Gasteiger partial charge is 0.390 e. The van der Waals surface area contributed by atoms with Gasteiger partial charge in [0, 0.05) is 36.1 Å². The molecule has 8 heteroatoms. The molecule has 3 unspecified atom stereocenters. The Morgan fingerprint density at radius 1 is 1.38 bits per heavy atom. The van der Waals surface area contributed by atoms with E-state index in [4.69, 9.17) is 17.3 Å². The third kappa shape index (κ3) is 4.16. The number of nitrogens with zero attached hydrogens (tertiary/aromatic N) is 3. The van der Waals surface area contributed by atoms with Crippen LogP contribution in [-0.4, -0.2) is 39.7 Å². The minimum absolute atomic E-state index is 0.0107. The summed E-state index contributed by atoms with van der Waals surface area (Å²) in [5, 5.41) is 19.5. The van der Waals surface area contributed by atoms with Gasteiger partial charge in [-0.3, -0.25) is 9.48 Å². The average molecular weight is 416 g/mol. The van der Waals surface area contributed by atoms with Gasteiger partial charge in [-0.15, -0.1) is 0 Å². The summed E-state index contributed by atoms with van der Waals surface area (Å²) in [6.45, 7) is 0. The molecule has 2 fully saturated rings. The standard InChI is InChI=1S/C21H26ClN5O2/c1-24-11-13-10-21(29,14-2-3-14)9-8-18(13)27-12-17(19(23)28)20(26-27)25-16-6-4-15(22)5-7-16/h4-7,11-14,18,29H,2-3,8-10H2,1H3,(H2,23,28)(H,25,26). The molecule has 0 radical (unpaired) electrons. The van der Waals surface area contributed by atoms with Crippen molar-refractivity contribution in [2.24, 2.45) is 22.6 Å². The normalized spacial score (nSPS) is 27.3. The number of aliphatic imine (C=N–C) groups is 1. The molecule has 0 saturated heterocycles. The Morgan fingerprint density at radius 2 is 2.10 bits per heavy atom. The molecule has 154 valence electrons. The van der Waals surface area contributed by atoms with Gasteiger partial charge >= 0.3 is 0 Å².